The largest absolute Gasteiger partial charge is 0.444 e. The van der Waals surface area contributed by atoms with Crippen LogP contribution in [-0.2, 0) is 14.3 Å². The first-order chi connectivity index (χ1) is 17.3. The predicted molar refractivity (Wildman–Crippen MR) is 134 cm³/mol. The molecule has 0 spiro atoms. The van der Waals surface area contributed by atoms with Crippen LogP contribution >= 0.6 is 0 Å². The Morgan fingerprint density at radius 1 is 1.22 bits per heavy atom. The van der Waals surface area contributed by atoms with E-state index in [0.29, 0.717) is 32.1 Å². The quantitative estimate of drug-likeness (QED) is 0.222. The van der Waals surface area contributed by atoms with Crippen LogP contribution in [0.5, 0.6) is 0 Å². The van der Waals surface area contributed by atoms with Gasteiger partial charge in [-0.3, -0.25) is 14.1 Å². The van der Waals surface area contributed by atoms with Gasteiger partial charge in [-0.25, -0.2) is 4.79 Å². The Bertz CT molecular complexity index is 785. The van der Waals surface area contributed by atoms with E-state index >= 15 is 0 Å². The third kappa shape index (κ3) is 8.61. The van der Waals surface area contributed by atoms with E-state index in [0.717, 1.165) is 5.57 Å². The maximum absolute atomic E-state index is 13.6. The summed E-state index contributed by atoms with van der Waals surface area (Å²) in [5, 5.41) is 44.3. The molecule has 0 aromatic rings. The number of rotatable bonds is 9. The molecule has 2 amide bonds. The second-order valence-electron chi connectivity index (χ2n) is 11.0. The summed E-state index contributed by atoms with van der Waals surface area (Å²) in [6.07, 6.45) is -3.52. The number of aliphatic hydroxyl groups is 4. The zero-order valence-electron chi connectivity index (χ0n) is 22.6. The fourth-order valence-corrected chi connectivity index (χ4v) is 4.74. The summed E-state index contributed by atoms with van der Waals surface area (Å²) in [5.41, 5.74) is 0.245. The van der Waals surface area contributed by atoms with Gasteiger partial charge in [0.1, 0.15) is 36.1 Å². The molecule has 2 rings (SSSR count). The van der Waals surface area contributed by atoms with E-state index in [1.807, 2.05) is 6.08 Å². The van der Waals surface area contributed by atoms with Crippen LogP contribution in [-0.4, -0.2) is 105 Å². The van der Waals surface area contributed by atoms with Crippen molar-refractivity contribution in [1.82, 2.24) is 10.2 Å². The molecule has 0 aliphatic carbocycles. The minimum atomic E-state index is -1.56. The summed E-state index contributed by atoms with van der Waals surface area (Å²) in [6.45, 7) is 8.17. The van der Waals surface area contributed by atoms with E-state index in [9.17, 15) is 34.4 Å². The van der Waals surface area contributed by atoms with Gasteiger partial charge in [0, 0.05) is 6.54 Å². The fourth-order valence-electron chi connectivity index (χ4n) is 4.74. The molecule has 1 saturated heterocycles. The van der Waals surface area contributed by atoms with E-state index in [4.69, 9.17) is 9.47 Å². The van der Waals surface area contributed by atoms with Crippen molar-refractivity contribution in [3.05, 3.63) is 11.6 Å². The number of hydrogen-bond donors (Lipinski definition) is 5. The van der Waals surface area contributed by atoms with Crippen LogP contribution in [0.4, 0.5) is 9.18 Å². The topological polar surface area (TPSA) is 149 Å². The molecule has 10 nitrogen and oxygen atoms in total. The summed E-state index contributed by atoms with van der Waals surface area (Å²) in [6, 6.07) is -2.09. The Kier molecular flexibility index (Phi) is 11.8. The van der Waals surface area contributed by atoms with Gasteiger partial charge in [-0.15, -0.1) is 0 Å². The number of carbonyl (C=O) groups excluding carboxylic acids is 2. The molecule has 0 radical (unpaired) electrons. The molecule has 37 heavy (non-hydrogen) atoms. The maximum atomic E-state index is 13.6. The smallest absolute Gasteiger partial charge is 0.410 e. The highest BCUT2D eigenvalue weighted by Crippen LogP contribution is 2.27. The molecular weight excluding hydrogens is 487 g/mol. The van der Waals surface area contributed by atoms with E-state index in [-0.39, 0.29) is 13.0 Å². The Hall–Kier alpha value is -1.79. The summed E-state index contributed by atoms with van der Waals surface area (Å²) < 4.78 is 23.9. The number of aliphatic hydroxyl groups excluding tert-OH is 4. The van der Waals surface area contributed by atoms with Crippen LogP contribution < -0.4 is 5.32 Å². The molecule has 0 bridgehead atoms. The summed E-state index contributed by atoms with van der Waals surface area (Å²) in [5.74, 6) is -0.581. The van der Waals surface area contributed by atoms with Crippen LogP contribution in [0.15, 0.2) is 11.6 Å². The monoisotopic (exact) mass is 532 g/mol. The van der Waals surface area contributed by atoms with Gasteiger partial charge in [-0.1, -0.05) is 18.6 Å². The minimum absolute atomic E-state index is 0.190. The highest BCUT2D eigenvalue weighted by molar-refractivity contribution is 5.86. The van der Waals surface area contributed by atoms with Crippen LogP contribution in [0.3, 0.4) is 0 Å². The van der Waals surface area contributed by atoms with Gasteiger partial charge < -0.3 is 35.2 Å². The second-order valence-corrected chi connectivity index (χ2v) is 11.0. The number of ether oxygens (including phenoxy) is 2. The second kappa shape index (κ2) is 13.8. The number of hydrogen-bond acceptors (Lipinski definition) is 8. The van der Waals surface area contributed by atoms with E-state index < -0.39 is 73.0 Å². The first-order valence-electron chi connectivity index (χ1n) is 13.2. The van der Waals surface area contributed by atoms with Crippen molar-refractivity contribution in [2.75, 3.05) is 13.2 Å². The van der Waals surface area contributed by atoms with E-state index in [2.05, 4.69) is 5.32 Å². The Balaban J connectivity index is 2.28. The number of alkyl halides is 1. The lowest BCUT2D eigenvalue weighted by Crippen LogP contribution is -2.66. The standard InChI is InChI=1S/C26H45FN2O8/c1-6-18-20(31)21(32)22(33)23(36-18)19(15(2)30)28-24(34)17-11-10-16(9-7-8-13-27)12-14-29(17)25(35)37-26(3,4)5/h10,15,17-23,30-33H,6-9,11-14H2,1-5H3,(H,28,34)/t15-,17+,18?,19-,20+,21?,22?,23-/m1/s1. The van der Waals surface area contributed by atoms with Gasteiger partial charge in [0.05, 0.1) is 24.9 Å². The summed E-state index contributed by atoms with van der Waals surface area (Å²) in [4.78, 5) is 28.0. The first-order valence-corrected chi connectivity index (χ1v) is 13.2. The average molecular weight is 533 g/mol. The van der Waals surface area contributed by atoms with Crippen molar-refractivity contribution in [3.63, 3.8) is 0 Å². The van der Waals surface area contributed by atoms with Gasteiger partial charge in [0.25, 0.3) is 0 Å². The number of halogens is 1. The minimum Gasteiger partial charge on any atom is -0.444 e. The third-order valence-electron chi connectivity index (χ3n) is 6.83. The number of nitrogens with zero attached hydrogens (tertiary/aromatic N) is 1. The molecule has 0 aromatic carbocycles. The molecule has 214 valence electrons. The van der Waals surface area contributed by atoms with Crippen molar-refractivity contribution < 1.29 is 43.9 Å². The molecule has 2 heterocycles. The molecular formula is C26H45FN2O8. The average Bonchev–Trinajstić information content (AvgIpc) is 3.03. The van der Waals surface area contributed by atoms with Gasteiger partial charge in [-0.05, 0) is 66.2 Å². The van der Waals surface area contributed by atoms with Gasteiger partial charge in [-0.2, -0.15) is 0 Å². The van der Waals surface area contributed by atoms with Crippen LogP contribution in [0.25, 0.3) is 0 Å². The molecule has 8 atom stereocenters. The fraction of sp³-hybridized carbons (Fsp3) is 0.846. The lowest BCUT2D eigenvalue weighted by atomic mass is 9.88. The molecule has 2 aliphatic heterocycles. The van der Waals surface area contributed by atoms with Crippen molar-refractivity contribution in [2.24, 2.45) is 0 Å². The van der Waals surface area contributed by atoms with Crippen LogP contribution in [0.1, 0.15) is 73.1 Å². The summed E-state index contributed by atoms with van der Waals surface area (Å²) in [7, 11) is 0. The number of carbonyl (C=O) groups is 2. The Morgan fingerprint density at radius 3 is 2.46 bits per heavy atom. The molecule has 1 fully saturated rings. The van der Waals surface area contributed by atoms with Crippen LogP contribution in [0.2, 0.25) is 0 Å². The molecule has 0 aromatic heterocycles. The zero-order valence-corrected chi connectivity index (χ0v) is 22.6. The molecule has 0 saturated carbocycles. The number of unbranched alkanes of at least 4 members (excludes halogenated alkanes) is 1. The number of nitrogens with one attached hydrogen (secondary N) is 1. The van der Waals surface area contributed by atoms with E-state index in [1.54, 1.807) is 27.7 Å². The van der Waals surface area contributed by atoms with Gasteiger partial charge >= 0.3 is 6.09 Å². The number of amides is 2. The van der Waals surface area contributed by atoms with Crippen LogP contribution in [0, 0.1) is 0 Å². The normalized spacial score (nSPS) is 30.6. The third-order valence-corrected chi connectivity index (χ3v) is 6.83. The van der Waals surface area contributed by atoms with Crippen molar-refractivity contribution in [1.29, 1.82) is 0 Å². The van der Waals surface area contributed by atoms with Crippen molar-refractivity contribution in [2.45, 2.75) is 127 Å². The highest BCUT2D eigenvalue weighted by atomic mass is 19.1. The van der Waals surface area contributed by atoms with Crippen molar-refractivity contribution >= 4 is 12.0 Å². The molecule has 11 heteroatoms. The van der Waals surface area contributed by atoms with E-state index in [1.165, 1.54) is 11.8 Å². The summed E-state index contributed by atoms with van der Waals surface area (Å²) >= 11 is 0. The lowest BCUT2D eigenvalue weighted by molar-refractivity contribution is -0.234. The molecule has 5 N–H and O–H groups in total. The molecule has 3 unspecified atom stereocenters. The van der Waals surface area contributed by atoms with Crippen molar-refractivity contribution in [3.8, 4) is 0 Å². The lowest BCUT2D eigenvalue weighted by Gasteiger charge is -2.44. The maximum Gasteiger partial charge on any atom is 0.410 e. The Morgan fingerprint density at radius 2 is 1.89 bits per heavy atom. The first kappa shape index (κ1) is 31.4. The zero-order chi connectivity index (χ0) is 27.9. The SMILES string of the molecule is CCC1O[C@H]([C@H](NC(=O)[C@@H]2CC=C(CCCCF)CCN2C(=O)OC(C)(C)C)[C@@H](C)O)C(O)C(O)[C@H]1O. The highest BCUT2D eigenvalue weighted by Gasteiger charge is 2.48. The van der Waals surface area contributed by atoms with Gasteiger partial charge in [0.2, 0.25) is 5.91 Å². The predicted octanol–water partition coefficient (Wildman–Crippen LogP) is 1.58. The Labute approximate surface area is 218 Å². The molecule has 2 aliphatic rings. The van der Waals surface area contributed by atoms with Gasteiger partial charge in [0.15, 0.2) is 0 Å².